The van der Waals surface area contributed by atoms with Crippen molar-refractivity contribution in [1.82, 2.24) is 0 Å². The van der Waals surface area contributed by atoms with E-state index in [0.29, 0.717) is 16.7 Å². The largest absolute Gasteiger partial charge is 0.493 e. The van der Waals surface area contributed by atoms with Crippen LogP contribution in [0.4, 0.5) is 0 Å². The number of rotatable bonds is 18. The smallest absolute Gasteiger partial charge is 0.446 e. The first-order chi connectivity index (χ1) is 28.2. The molecule has 6 aromatic rings. The maximum Gasteiger partial charge on any atom is 0.446 e. The maximum absolute atomic E-state index is 13.5. The molecule has 19 heteroatoms. The molecule has 3 aromatic heterocycles. The summed E-state index contributed by atoms with van der Waals surface area (Å²) < 4.78 is 100. The van der Waals surface area contributed by atoms with Gasteiger partial charge in [0.2, 0.25) is 0 Å². The molecule has 0 fully saturated rings. The zero-order chi connectivity index (χ0) is 42.6. The van der Waals surface area contributed by atoms with Crippen LogP contribution < -0.4 is 27.9 Å². The van der Waals surface area contributed by atoms with Gasteiger partial charge in [-0.2, -0.15) is 8.42 Å². The number of hydrogen-bond acceptors (Lipinski definition) is 17. The Hall–Kier alpha value is -6.60. The van der Waals surface area contributed by atoms with Crippen LogP contribution in [0.15, 0.2) is 49.6 Å². The Morgan fingerprint density at radius 1 is 0.542 bits per heavy atom. The number of ether oxygens (including phenoxy) is 8. The highest BCUT2D eigenvalue weighted by Crippen LogP contribution is 2.42. The molecule has 0 amide bonds. The van der Waals surface area contributed by atoms with E-state index in [-0.39, 0.29) is 112 Å². The molecule has 18 nitrogen and oxygen atoms in total. The van der Waals surface area contributed by atoms with E-state index >= 15 is 0 Å². The number of carbonyl (C=O) groups is 3. The lowest BCUT2D eigenvalue weighted by molar-refractivity contribution is 0.0513. The van der Waals surface area contributed by atoms with Crippen LogP contribution in [0.2, 0.25) is 0 Å². The molecule has 314 valence electrons. The van der Waals surface area contributed by atoms with Gasteiger partial charge in [-0.3, -0.25) is 4.55 Å². The van der Waals surface area contributed by atoms with Crippen molar-refractivity contribution in [2.24, 2.45) is 0 Å². The Kier molecular flexibility index (Phi) is 12.5. The molecule has 59 heavy (non-hydrogen) atoms. The molecule has 0 aliphatic rings. The van der Waals surface area contributed by atoms with Gasteiger partial charge in [0.25, 0.3) is 0 Å². The number of benzene rings is 3. The third-order valence-corrected chi connectivity index (χ3v) is 9.07. The predicted octanol–water partition coefficient (Wildman–Crippen LogP) is 7.52. The second-order valence-electron chi connectivity index (χ2n) is 12.3. The van der Waals surface area contributed by atoms with Crippen LogP contribution in [0.5, 0.6) is 34.5 Å². The fourth-order valence-electron chi connectivity index (χ4n) is 6.33. The zero-order valence-electron chi connectivity index (χ0n) is 33.0. The second kappa shape index (κ2) is 17.5. The van der Waals surface area contributed by atoms with Gasteiger partial charge in [-0.15, -0.1) is 0 Å². The molecule has 0 aliphatic heterocycles. The number of hydrogen-bond donors (Lipinski definition) is 1. The Balaban J connectivity index is 1.39. The monoisotopic (exact) mass is 840 g/mol. The molecule has 1 N–H and O–H groups in total. The Morgan fingerprint density at radius 2 is 0.932 bits per heavy atom. The van der Waals surface area contributed by atoms with Gasteiger partial charge in [-0.05, 0) is 52.8 Å². The number of aryl methyl sites for hydroxylation is 1. The van der Waals surface area contributed by atoms with Crippen LogP contribution in [0.1, 0.15) is 76.0 Å². The van der Waals surface area contributed by atoms with Crippen molar-refractivity contribution in [3.05, 3.63) is 70.4 Å². The topological polar surface area (TPSA) is 228 Å². The SMILES string of the molecule is CCOC(=O)c1c(C)oc2cc(OC)c(OCc3oc4cc(OC)c(OCc5oc6cc(OCC)c(OS(=O)(=O)O)cc6c5C(=O)OCC)cc4c3C(=O)OCC)cc12. The van der Waals surface area contributed by atoms with Gasteiger partial charge in [0.05, 0.1) is 40.6 Å². The summed E-state index contributed by atoms with van der Waals surface area (Å²) in [6.07, 6.45) is 0. The summed E-state index contributed by atoms with van der Waals surface area (Å²) in [6.45, 7) is 7.79. The third-order valence-electron chi connectivity index (χ3n) is 8.68. The van der Waals surface area contributed by atoms with Crippen molar-refractivity contribution < 1.29 is 82.7 Å². The van der Waals surface area contributed by atoms with Crippen LogP contribution >= 0.6 is 0 Å². The number of fused-ring (bicyclic) bond motifs is 3. The first-order valence-corrected chi connectivity index (χ1v) is 19.5. The summed E-state index contributed by atoms with van der Waals surface area (Å²) in [5, 5.41) is 0.765. The van der Waals surface area contributed by atoms with E-state index in [9.17, 15) is 27.4 Å². The van der Waals surface area contributed by atoms with E-state index in [1.807, 2.05) is 0 Å². The summed E-state index contributed by atoms with van der Waals surface area (Å²) in [5.74, 6) is -1.50. The van der Waals surface area contributed by atoms with E-state index in [4.69, 9.17) is 55.3 Å². The summed E-state index contributed by atoms with van der Waals surface area (Å²) in [5.41, 5.74) is 0.793. The molecule has 0 aliphatic carbocycles. The van der Waals surface area contributed by atoms with Gasteiger partial charge in [0.1, 0.15) is 52.4 Å². The molecule has 0 bridgehead atoms. The van der Waals surface area contributed by atoms with Crippen molar-refractivity contribution in [2.45, 2.75) is 47.8 Å². The fourth-order valence-corrected chi connectivity index (χ4v) is 6.69. The average Bonchev–Trinajstić information content (AvgIpc) is 3.84. The third kappa shape index (κ3) is 8.65. The van der Waals surface area contributed by atoms with Gasteiger partial charge in [-0.1, -0.05) is 0 Å². The zero-order valence-corrected chi connectivity index (χ0v) is 33.8. The van der Waals surface area contributed by atoms with Gasteiger partial charge in [-0.25, -0.2) is 14.4 Å². The van der Waals surface area contributed by atoms with Crippen molar-refractivity contribution >= 4 is 61.2 Å². The highest BCUT2D eigenvalue weighted by Gasteiger charge is 2.29. The van der Waals surface area contributed by atoms with E-state index in [2.05, 4.69) is 0 Å². The van der Waals surface area contributed by atoms with Gasteiger partial charge >= 0.3 is 28.3 Å². The van der Waals surface area contributed by atoms with Crippen molar-refractivity contribution in [3.63, 3.8) is 0 Å². The summed E-state index contributed by atoms with van der Waals surface area (Å²) in [6, 6.07) is 8.56. The number of esters is 3. The number of methoxy groups -OCH3 is 2. The minimum atomic E-state index is -4.98. The molecule has 0 saturated carbocycles. The molecule has 0 spiro atoms. The molecule has 0 radical (unpaired) electrons. The fraction of sp³-hybridized carbons (Fsp3) is 0.325. The highest BCUT2D eigenvalue weighted by atomic mass is 32.3. The lowest BCUT2D eigenvalue weighted by atomic mass is 10.1. The van der Waals surface area contributed by atoms with E-state index in [0.717, 1.165) is 6.07 Å². The molecular formula is C40H40O18S. The Bertz CT molecular complexity index is 2660. The second-order valence-corrected chi connectivity index (χ2v) is 13.3. The first kappa shape index (κ1) is 42.0. The quantitative estimate of drug-likeness (QED) is 0.0501. The summed E-state index contributed by atoms with van der Waals surface area (Å²) in [4.78, 5) is 39.6. The lowest BCUT2D eigenvalue weighted by Crippen LogP contribution is -2.10. The van der Waals surface area contributed by atoms with Crippen molar-refractivity contribution in [3.8, 4) is 34.5 Å². The number of furan rings is 3. The predicted molar refractivity (Wildman–Crippen MR) is 206 cm³/mol. The molecule has 0 atom stereocenters. The molecule has 3 heterocycles. The van der Waals surface area contributed by atoms with Crippen molar-refractivity contribution in [2.75, 3.05) is 40.6 Å². The maximum atomic E-state index is 13.5. The van der Waals surface area contributed by atoms with Crippen LogP contribution in [0.3, 0.4) is 0 Å². The van der Waals surface area contributed by atoms with Crippen LogP contribution in [0.25, 0.3) is 32.9 Å². The van der Waals surface area contributed by atoms with Crippen molar-refractivity contribution in [1.29, 1.82) is 0 Å². The molecule has 0 unspecified atom stereocenters. The lowest BCUT2D eigenvalue weighted by Gasteiger charge is -2.11. The van der Waals surface area contributed by atoms with E-state index < -0.39 is 40.7 Å². The van der Waals surface area contributed by atoms with Gasteiger partial charge < -0.3 is 55.3 Å². The first-order valence-electron chi connectivity index (χ1n) is 18.2. The Morgan fingerprint density at radius 3 is 1.36 bits per heavy atom. The van der Waals surface area contributed by atoms with Gasteiger partial charge in [0, 0.05) is 34.4 Å². The van der Waals surface area contributed by atoms with Crippen LogP contribution in [-0.2, 0) is 37.8 Å². The Labute approximate surface area is 336 Å². The van der Waals surface area contributed by atoms with Crippen LogP contribution in [-0.4, -0.2) is 71.5 Å². The highest BCUT2D eigenvalue weighted by molar-refractivity contribution is 7.81. The summed E-state index contributed by atoms with van der Waals surface area (Å²) in [7, 11) is -2.16. The molecular weight excluding hydrogens is 800 g/mol. The van der Waals surface area contributed by atoms with Gasteiger partial charge in [0.15, 0.2) is 46.0 Å². The molecule has 3 aromatic carbocycles. The molecule has 6 rings (SSSR count). The van der Waals surface area contributed by atoms with E-state index in [1.54, 1.807) is 46.8 Å². The summed E-state index contributed by atoms with van der Waals surface area (Å²) >= 11 is 0. The minimum absolute atomic E-state index is 0.0100. The minimum Gasteiger partial charge on any atom is -0.493 e. The van der Waals surface area contributed by atoms with E-state index in [1.165, 1.54) is 32.4 Å². The standard InChI is InChI=1S/C40H40O18S/c1-8-49-31-17-26-23(14-32(31)58-59(44,45)46)37(40(43)52-11-4)34(57-26)19-54-30-13-22-25(16-28(30)48-7)56-33(36(22)39(42)51-10-3)18-53-29-12-21-24(15-27(29)47-6)55-20(5)35(21)38(41)50-9-2/h12-17H,8-11,18-19H2,1-7H3,(H,44,45,46). The average molecular weight is 841 g/mol. The molecule has 0 saturated heterocycles. The normalized spacial score (nSPS) is 11.5. The van der Waals surface area contributed by atoms with Crippen LogP contribution in [0, 0.1) is 6.92 Å². The number of carbonyl (C=O) groups excluding carboxylic acids is 3.